The van der Waals surface area contributed by atoms with Crippen molar-refractivity contribution in [1.29, 1.82) is 0 Å². The predicted octanol–water partition coefficient (Wildman–Crippen LogP) is -0.298. The van der Waals surface area contributed by atoms with Crippen LogP contribution in [0.3, 0.4) is 0 Å². The molecule has 6 nitrogen and oxygen atoms in total. The molecule has 1 atom stereocenters. The Morgan fingerprint density at radius 1 is 1.25 bits per heavy atom. The van der Waals surface area contributed by atoms with Gasteiger partial charge >= 0.3 is 5.97 Å². The van der Waals surface area contributed by atoms with E-state index in [1.807, 2.05) is 0 Å². The van der Waals surface area contributed by atoms with Crippen molar-refractivity contribution < 1.29 is 51.1 Å². The van der Waals surface area contributed by atoms with Crippen LogP contribution >= 0.6 is 0 Å². The summed E-state index contributed by atoms with van der Waals surface area (Å²) in [6.45, 7) is 2.28. The number of hydrogen-bond acceptors (Lipinski definition) is 4. The summed E-state index contributed by atoms with van der Waals surface area (Å²) in [5, 5.41) is 23.2. The fraction of sp³-hybridized carbons (Fsp3) is 0.600. The average Bonchev–Trinajstić information content (AvgIpc) is 1.63. The first kappa shape index (κ1) is 22.6. The molecule has 1 unspecified atom stereocenters. The van der Waals surface area contributed by atoms with Gasteiger partial charge in [-0.05, 0) is 6.92 Å². The van der Waals surface area contributed by atoms with Crippen LogP contribution in [0.15, 0.2) is 0 Å². The zero-order valence-electron chi connectivity index (χ0n) is 6.94. The minimum Gasteiger partial charge on any atom is -0.481 e. The van der Waals surface area contributed by atoms with Crippen molar-refractivity contribution in [2.75, 3.05) is 0 Å². The average molecular weight is 258 g/mol. The Morgan fingerprint density at radius 3 is 1.33 bits per heavy atom. The van der Waals surface area contributed by atoms with Gasteiger partial charge in [-0.3, -0.25) is 4.79 Å². The molecule has 0 aliphatic carbocycles. The third kappa shape index (κ3) is 53.2. The van der Waals surface area contributed by atoms with E-state index in [1.54, 1.807) is 0 Å². The van der Waals surface area contributed by atoms with E-state index in [4.69, 9.17) is 20.1 Å². The number of aliphatic carboxylic acids is 2. The second-order valence-corrected chi connectivity index (χ2v) is 1.53. The summed E-state index contributed by atoms with van der Waals surface area (Å²) in [4.78, 5) is 18.4. The van der Waals surface area contributed by atoms with Gasteiger partial charge in [-0.15, -0.1) is 0 Å². The Balaban J connectivity index is -0.0000000483. The second kappa shape index (κ2) is 13.3. The van der Waals surface area contributed by atoms with E-state index in [2.05, 4.69) is 0 Å². The summed E-state index contributed by atoms with van der Waals surface area (Å²) in [6.07, 6.45) is -1.23. The Bertz CT molecular complexity index is 123. The SMILES string of the molecule is CC(=O)O.CC(O)C(=O)O.N.[Zr]. The van der Waals surface area contributed by atoms with Crippen LogP contribution in [-0.4, -0.2) is 33.4 Å². The number of hydrogen-bond donors (Lipinski definition) is 4. The van der Waals surface area contributed by atoms with Crippen LogP contribution < -0.4 is 6.15 Å². The molecule has 0 amide bonds. The van der Waals surface area contributed by atoms with Gasteiger partial charge < -0.3 is 21.5 Å². The van der Waals surface area contributed by atoms with Crippen LogP contribution in [0.1, 0.15) is 13.8 Å². The summed E-state index contributed by atoms with van der Waals surface area (Å²) in [5.74, 6) is -2.02. The van der Waals surface area contributed by atoms with Crippen molar-refractivity contribution in [3.05, 3.63) is 0 Å². The molecule has 0 saturated heterocycles. The molecule has 0 aromatic heterocycles. The van der Waals surface area contributed by atoms with Crippen LogP contribution in [-0.2, 0) is 35.8 Å². The van der Waals surface area contributed by atoms with Gasteiger partial charge in [-0.1, -0.05) is 0 Å². The first-order valence-corrected chi connectivity index (χ1v) is 2.48. The maximum Gasteiger partial charge on any atom is 0.332 e. The van der Waals surface area contributed by atoms with Crippen molar-refractivity contribution in [2.24, 2.45) is 0 Å². The van der Waals surface area contributed by atoms with Gasteiger partial charge in [0, 0.05) is 33.1 Å². The third-order valence-electron chi connectivity index (χ3n) is 0.357. The predicted molar refractivity (Wildman–Crippen MR) is 37.6 cm³/mol. The fourth-order valence-corrected chi connectivity index (χ4v) is 0. The molecule has 0 spiro atoms. The number of aliphatic hydroxyl groups is 1. The summed E-state index contributed by atoms with van der Waals surface area (Å²) in [6, 6.07) is 0. The van der Waals surface area contributed by atoms with Gasteiger partial charge in [0.15, 0.2) is 0 Å². The Morgan fingerprint density at radius 2 is 1.33 bits per heavy atom. The van der Waals surface area contributed by atoms with Gasteiger partial charge in [0.1, 0.15) is 6.10 Å². The number of carbonyl (C=O) groups is 2. The largest absolute Gasteiger partial charge is 0.481 e. The number of rotatable bonds is 1. The molecule has 0 saturated carbocycles. The van der Waals surface area contributed by atoms with Crippen molar-refractivity contribution in [3.8, 4) is 0 Å². The van der Waals surface area contributed by atoms with E-state index < -0.39 is 18.0 Å². The molecular weight excluding hydrogens is 245 g/mol. The Labute approximate surface area is 89.3 Å². The number of carboxylic acid groups (broad SMARTS) is 2. The van der Waals surface area contributed by atoms with Gasteiger partial charge in [-0.2, -0.15) is 0 Å². The van der Waals surface area contributed by atoms with Gasteiger partial charge in [-0.25, -0.2) is 4.79 Å². The van der Waals surface area contributed by atoms with E-state index >= 15 is 0 Å². The standard InChI is InChI=1S/C3H6O3.C2H4O2.H3N.Zr/c1-2(4)3(5)6;1-2(3)4;;/h2,4H,1H3,(H,5,6);1H3,(H,3,4);1H3;. The second-order valence-electron chi connectivity index (χ2n) is 1.53. The first-order chi connectivity index (χ1) is 4.37. The molecule has 6 N–H and O–H groups in total. The normalized spacial score (nSPS) is 8.92. The molecule has 0 radical (unpaired) electrons. The molecule has 0 fully saturated rings. The molecule has 0 aromatic carbocycles. The monoisotopic (exact) mass is 257 g/mol. The van der Waals surface area contributed by atoms with Crippen molar-refractivity contribution in [2.45, 2.75) is 20.0 Å². The molecule has 0 heterocycles. The van der Waals surface area contributed by atoms with Crippen LogP contribution in [0.4, 0.5) is 0 Å². The third-order valence-corrected chi connectivity index (χ3v) is 0.357. The molecule has 12 heavy (non-hydrogen) atoms. The minimum absolute atomic E-state index is 0. The number of aliphatic hydroxyl groups excluding tert-OH is 1. The maximum atomic E-state index is 9.45. The molecule has 0 aromatic rings. The van der Waals surface area contributed by atoms with Crippen molar-refractivity contribution >= 4 is 11.9 Å². The first-order valence-electron chi connectivity index (χ1n) is 2.48. The molecule has 72 valence electrons. The van der Waals surface area contributed by atoms with E-state index in [0.29, 0.717) is 0 Å². The molecule has 0 aliphatic heterocycles. The fourth-order valence-electron chi connectivity index (χ4n) is 0. The summed E-state index contributed by atoms with van der Waals surface area (Å²) in [7, 11) is 0. The molecule has 0 aliphatic rings. The summed E-state index contributed by atoms with van der Waals surface area (Å²) < 4.78 is 0. The van der Waals surface area contributed by atoms with Crippen LogP contribution in [0, 0.1) is 0 Å². The van der Waals surface area contributed by atoms with Gasteiger partial charge in [0.25, 0.3) is 5.97 Å². The zero-order valence-corrected chi connectivity index (χ0v) is 9.40. The van der Waals surface area contributed by atoms with Gasteiger partial charge in [0.2, 0.25) is 0 Å². The molecule has 0 bridgehead atoms. The van der Waals surface area contributed by atoms with Crippen LogP contribution in [0.5, 0.6) is 0 Å². The topological polar surface area (TPSA) is 130 Å². The summed E-state index contributed by atoms with van der Waals surface area (Å²) in [5.41, 5.74) is 0. The number of carboxylic acids is 2. The van der Waals surface area contributed by atoms with Gasteiger partial charge in [0.05, 0.1) is 0 Å². The quantitative estimate of drug-likeness (QED) is 0.511. The summed E-state index contributed by atoms with van der Waals surface area (Å²) >= 11 is 0. The Hall–Kier alpha value is -0.257. The maximum absolute atomic E-state index is 9.45. The van der Waals surface area contributed by atoms with Crippen molar-refractivity contribution in [3.63, 3.8) is 0 Å². The molecular formula is C5H13NO5Zr. The Kier molecular flexibility index (Phi) is 25.1. The zero-order chi connectivity index (χ0) is 8.73. The van der Waals surface area contributed by atoms with E-state index in [-0.39, 0.29) is 32.4 Å². The van der Waals surface area contributed by atoms with Crippen molar-refractivity contribution in [1.82, 2.24) is 6.15 Å². The van der Waals surface area contributed by atoms with Crippen LogP contribution in [0.2, 0.25) is 0 Å². The van der Waals surface area contributed by atoms with Crippen LogP contribution in [0.25, 0.3) is 0 Å². The molecule has 0 rings (SSSR count). The van der Waals surface area contributed by atoms with E-state index in [9.17, 15) is 4.79 Å². The minimum atomic E-state index is -1.23. The smallest absolute Gasteiger partial charge is 0.332 e. The molecule has 7 heteroatoms. The van der Waals surface area contributed by atoms with E-state index in [1.165, 1.54) is 6.92 Å². The van der Waals surface area contributed by atoms with E-state index in [0.717, 1.165) is 6.92 Å².